The molecule has 8 nitrogen and oxygen atoms in total. The van der Waals surface area contributed by atoms with E-state index >= 15 is 0 Å². The molecule has 0 spiro atoms. The SMILES string of the molecule is CCC(CC)n1nc(C(=O)N2CCCC(c3nc(N)n[nH]3)C2)cc1C. The Morgan fingerprint density at radius 3 is 2.84 bits per heavy atom. The molecule has 3 heterocycles. The summed E-state index contributed by atoms with van der Waals surface area (Å²) in [6.45, 7) is 7.67. The summed E-state index contributed by atoms with van der Waals surface area (Å²) in [6.07, 6.45) is 3.92. The Hall–Kier alpha value is -2.38. The summed E-state index contributed by atoms with van der Waals surface area (Å²) in [5.74, 6) is 1.14. The van der Waals surface area contributed by atoms with Crippen LogP contribution >= 0.6 is 0 Å². The Balaban J connectivity index is 1.75. The number of carbonyl (C=O) groups is 1. The highest BCUT2D eigenvalue weighted by Crippen LogP contribution is 2.26. The Labute approximate surface area is 147 Å². The van der Waals surface area contributed by atoms with Crippen LogP contribution in [0, 0.1) is 6.92 Å². The number of aromatic nitrogens is 5. The third kappa shape index (κ3) is 3.52. The summed E-state index contributed by atoms with van der Waals surface area (Å²) in [5.41, 5.74) is 7.16. The minimum atomic E-state index is -0.00927. The average molecular weight is 345 g/mol. The number of H-pyrrole nitrogens is 1. The first kappa shape index (κ1) is 17.4. The zero-order valence-electron chi connectivity index (χ0n) is 15.2. The van der Waals surface area contributed by atoms with Crippen LogP contribution < -0.4 is 5.73 Å². The van der Waals surface area contributed by atoms with Gasteiger partial charge in [-0.15, -0.1) is 5.10 Å². The van der Waals surface area contributed by atoms with Crippen LogP contribution in [0.25, 0.3) is 0 Å². The van der Waals surface area contributed by atoms with Gasteiger partial charge in [-0.25, -0.2) is 0 Å². The Kier molecular flexibility index (Phi) is 5.06. The maximum absolute atomic E-state index is 12.9. The first-order valence-electron chi connectivity index (χ1n) is 9.06. The Morgan fingerprint density at radius 1 is 1.44 bits per heavy atom. The van der Waals surface area contributed by atoms with E-state index in [2.05, 4.69) is 34.1 Å². The maximum atomic E-state index is 12.9. The second-order valence-corrected chi connectivity index (χ2v) is 6.76. The van der Waals surface area contributed by atoms with E-state index in [1.807, 2.05) is 22.6 Å². The first-order chi connectivity index (χ1) is 12.0. The van der Waals surface area contributed by atoms with Crippen LogP contribution in [-0.4, -0.2) is 48.9 Å². The van der Waals surface area contributed by atoms with E-state index in [1.165, 1.54) is 0 Å². The van der Waals surface area contributed by atoms with E-state index in [-0.39, 0.29) is 17.8 Å². The number of aromatic amines is 1. The van der Waals surface area contributed by atoms with E-state index in [9.17, 15) is 4.79 Å². The number of hydrogen-bond acceptors (Lipinski definition) is 5. The van der Waals surface area contributed by atoms with Crippen molar-refractivity contribution in [1.29, 1.82) is 0 Å². The molecule has 0 bridgehead atoms. The molecule has 1 aliphatic rings. The lowest BCUT2D eigenvalue weighted by Gasteiger charge is -2.31. The van der Waals surface area contributed by atoms with Gasteiger partial charge in [0.15, 0.2) is 5.69 Å². The fourth-order valence-electron chi connectivity index (χ4n) is 3.61. The van der Waals surface area contributed by atoms with E-state index in [1.54, 1.807) is 0 Å². The molecule has 2 aromatic heterocycles. The van der Waals surface area contributed by atoms with Gasteiger partial charge in [0.25, 0.3) is 5.91 Å². The summed E-state index contributed by atoms with van der Waals surface area (Å²) < 4.78 is 1.99. The lowest BCUT2D eigenvalue weighted by molar-refractivity contribution is 0.0697. The van der Waals surface area contributed by atoms with E-state index in [4.69, 9.17) is 5.73 Å². The van der Waals surface area contributed by atoms with Gasteiger partial charge < -0.3 is 10.6 Å². The summed E-state index contributed by atoms with van der Waals surface area (Å²) in [5, 5.41) is 11.4. The number of nitrogens with one attached hydrogen (secondary N) is 1. The zero-order valence-corrected chi connectivity index (χ0v) is 15.2. The third-order valence-electron chi connectivity index (χ3n) is 5.05. The molecule has 3 rings (SSSR count). The summed E-state index contributed by atoms with van der Waals surface area (Å²) in [4.78, 5) is 19.0. The molecule has 0 aliphatic carbocycles. The zero-order chi connectivity index (χ0) is 18.0. The predicted octanol–water partition coefficient (Wildman–Crippen LogP) is 2.27. The molecule has 25 heavy (non-hydrogen) atoms. The molecule has 0 radical (unpaired) electrons. The highest BCUT2D eigenvalue weighted by Gasteiger charge is 2.29. The van der Waals surface area contributed by atoms with Crippen LogP contribution in [0.2, 0.25) is 0 Å². The van der Waals surface area contributed by atoms with Crippen molar-refractivity contribution in [2.45, 2.75) is 58.4 Å². The van der Waals surface area contributed by atoms with Gasteiger partial charge in [-0.1, -0.05) is 13.8 Å². The van der Waals surface area contributed by atoms with Gasteiger partial charge in [-0.3, -0.25) is 14.6 Å². The quantitative estimate of drug-likeness (QED) is 0.865. The number of nitrogens with zero attached hydrogens (tertiary/aromatic N) is 5. The monoisotopic (exact) mass is 345 g/mol. The van der Waals surface area contributed by atoms with Crippen molar-refractivity contribution in [1.82, 2.24) is 29.9 Å². The second kappa shape index (κ2) is 7.25. The fraction of sp³-hybridized carbons (Fsp3) is 0.647. The van der Waals surface area contributed by atoms with Crippen molar-refractivity contribution in [3.05, 3.63) is 23.3 Å². The van der Waals surface area contributed by atoms with Crippen LogP contribution in [-0.2, 0) is 0 Å². The molecule has 1 atom stereocenters. The minimum absolute atomic E-state index is 0.00927. The number of carbonyl (C=O) groups excluding carboxylic acids is 1. The number of nitrogen functional groups attached to an aromatic ring is 1. The molecule has 8 heteroatoms. The number of rotatable bonds is 5. The number of piperidine rings is 1. The van der Waals surface area contributed by atoms with Crippen molar-refractivity contribution < 1.29 is 4.79 Å². The predicted molar refractivity (Wildman–Crippen MR) is 95.3 cm³/mol. The molecule has 1 unspecified atom stereocenters. The van der Waals surface area contributed by atoms with Crippen LogP contribution in [0.1, 0.15) is 73.5 Å². The molecule has 1 fully saturated rings. The van der Waals surface area contributed by atoms with Gasteiger partial charge >= 0.3 is 0 Å². The largest absolute Gasteiger partial charge is 0.367 e. The van der Waals surface area contributed by atoms with Crippen molar-refractivity contribution in [3.63, 3.8) is 0 Å². The molecule has 136 valence electrons. The molecule has 0 aromatic carbocycles. The lowest BCUT2D eigenvalue weighted by Crippen LogP contribution is -2.39. The molecule has 1 saturated heterocycles. The standard InChI is InChI=1S/C17H27N7O/c1-4-13(5-2)24-11(3)9-14(22-24)16(25)23-8-6-7-12(10-23)15-19-17(18)21-20-15/h9,12-13H,4-8,10H2,1-3H3,(H3,18,19,20,21). The maximum Gasteiger partial charge on any atom is 0.274 e. The average Bonchev–Trinajstić information content (AvgIpc) is 3.22. The first-order valence-corrected chi connectivity index (χ1v) is 9.06. The summed E-state index contributed by atoms with van der Waals surface area (Å²) in [7, 11) is 0. The van der Waals surface area contributed by atoms with Gasteiger partial charge in [0, 0.05) is 24.7 Å². The third-order valence-corrected chi connectivity index (χ3v) is 5.05. The summed E-state index contributed by atoms with van der Waals surface area (Å²) >= 11 is 0. The number of hydrogen-bond donors (Lipinski definition) is 2. The molecule has 1 amide bonds. The fourth-order valence-corrected chi connectivity index (χ4v) is 3.61. The van der Waals surface area contributed by atoms with Crippen molar-refractivity contribution in [2.24, 2.45) is 0 Å². The Bertz CT molecular complexity index is 731. The van der Waals surface area contributed by atoms with Crippen molar-refractivity contribution in [2.75, 3.05) is 18.8 Å². The molecule has 0 saturated carbocycles. The van der Waals surface area contributed by atoms with Crippen molar-refractivity contribution in [3.8, 4) is 0 Å². The highest BCUT2D eigenvalue weighted by atomic mass is 16.2. The van der Waals surface area contributed by atoms with Gasteiger partial charge in [0.05, 0.1) is 6.04 Å². The number of amides is 1. The number of nitrogens with two attached hydrogens (primary N) is 1. The van der Waals surface area contributed by atoms with Gasteiger partial charge in [-0.05, 0) is 38.7 Å². The highest BCUT2D eigenvalue weighted by molar-refractivity contribution is 5.92. The number of aryl methyl sites for hydroxylation is 1. The number of anilines is 1. The van der Waals surface area contributed by atoms with Gasteiger partial charge in [0.2, 0.25) is 5.95 Å². The minimum Gasteiger partial charge on any atom is -0.367 e. The van der Waals surface area contributed by atoms with Crippen LogP contribution in [0.5, 0.6) is 0 Å². The molecule has 3 N–H and O–H groups in total. The molecule has 2 aromatic rings. The smallest absolute Gasteiger partial charge is 0.274 e. The molecular weight excluding hydrogens is 318 g/mol. The lowest BCUT2D eigenvalue weighted by atomic mass is 9.97. The van der Waals surface area contributed by atoms with E-state index in [0.29, 0.717) is 18.3 Å². The molecule has 1 aliphatic heterocycles. The van der Waals surface area contributed by atoms with Gasteiger partial charge in [-0.2, -0.15) is 10.1 Å². The Morgan fingerprint density at radius 2 is 2.20 bits per heavy atom. The van der Waals surface area contributed by atoms with Crippen LogP contribution in [0.15, 0.2) is 6.07 Å². The molecular formula is C17H27N7O. The topological polar surface area (TPSA) is 106 Å². The van der Waals surface area contributed by atoms with Gasteiger partial charge in [0.1, 0.15) is 5.82 Å². The normalized spacial score (nSPS) is 18.1. The van der Waals surface area contributed by atoms with Crippen molar-refractivity contribution >= 4 is 11.9 Å². The second-order valence-electron chi connectivity index (χ2n) is 6.76. The van der Waals surface area contributed by atoms with Crippen LogP contribution in [0.4, 0.5) is 5.95 Å². The number of likely N-dealkylation sites (tertiary alicyclic amines) is 1. The van der Waals surface area contributed by atoms with Crippen LogP contribution in [0.3, 0.4) is 0 Å². The van der Waals surface area contributed by atoms with E-state index in [0.717, 1.165) is 43.7 Å². The van der Waals surface area contributed by atoms with E-state index < -0.39 is 0 Å². The summed E-state index contributed by atoms with van der Waals surface area (Å²) in [6, 6.07) is 2.24.